The van der Waals surface area contributed by atoms with E-state index in [4.69, 9.17) is 22.1 Å². The number of hydrogen-bond donors (Lipinski definition) is 4. The van der Waals surface area contributed by atoms with Gasteiger partial charge in [-0.05, 0) is 49.2 Å². The van der Waals surface area contributed by atoms with Gasteiger partial charge in [0.1, 0.15) is 21.4 Å². The minimum absolute atomic E-state index is 0.0200. The Morgan fingerprint density at radius 3 is 2.42 bits per heavy atom. The molecule has 0 radical (unpaired) electrons. The van der Waals surface area contributed by atoms with Crippen molar-refractivity contribution in [2.45, 2.75) is 36.7 Å². The van der Waals surface area contributed by atoms with Crippen LogP contribution in [0.3, 0.4) is 0 Å². The lowest BCUT2D eigenvalue weighted by atomic mass is 10.1. The van der Waals surface area contributed by atoms with Gasteiger partial charge in [-0.3, -0.25) is 4.79 Å². The monoisotopic (exact) mass is 550 g/mol. The fourth-order valence-electron chi connectivity index (χ4n) is 3.21. The predicted octanol–water partition coefficient (Wildman–Crippen LogP) is 3.50. The molecule has 0 unspecified atom stereocenters. The topological polar surface area (TPSA) is 143 Å². The van der Waals surface area contributed by atoms with Gasteiger partial charge in [0, 0.05) is 18.8 Å². The highest BCUT2D eigenvalue weighted by atomic mass is 35.5. The standard InChI is InChI=1S/C24H27ClN4O5S2/c1-24(2,31)23(30)28-14-16-7-4-6-15(12-16)13-27-17-8-5-9-18(34-3)21(17)22(26)29-36(32,33)20-11-10-19(25)35-20/h4-12,27,31H,13-14H2,1-3H3,(H2,26,29)(H,28,30). The summed E-state index contributed by atoms with van der Waals surface area (Å²) in [6.07, 6.45) is 0. The number of aliphatic hydroxyl groups is 1. The summed E-state index contributed by atoms with van der Waals surface area (Å²) in [5.41, 5.74) is 7.27. The van der Waals surface area contributed by atoms with Crippen LogP contribution in [0.1, 0.15) is 30.5 Å². The van der Waals surface area contributed by atoms with Gasteiger partial charge in [0.05, 0.1) is 17.0 Å². The van der Waals surface area contributed by atoms with Crippen LogP contribution in [0.15, 0.2) is 63.2 Å². The molecule has 1 heterocycles. The van der Waals surface area contributed by atoms with E-state index in [0.29, 0.717) is 27.9 Å². The van der Waals surface area contributed by atoms with Crippen molar-refractivity contribution in [3.8, 4) is 5.75 Å². The number of thiophene rings is 1. The number of carbonyl (C=O) groups is 1. The second-order valence-corrected chi connectivity index (χ2v) is 11.9. The van der Waals surface area contributed by atoms with E-state index < -0.39 is 21.5 Å². The van der Waals surface area contributed by atoms with Gasteiger partial charge in [-0.1, -0.05) is 41.9 Å². The lowest BCUT2D eigenvalue weighted by molar-refractivity contribution is -0.136. The number of hydrogen-bond acceptors (Lipinski definition) is 7. The first kappa shape index (κ1) is 27.5. The van der Waals surface area contributed by atoms with E-state index in [2.05, 4.69) is 15.0 Å². The molecule has 0 spiro atoms. The molecule has 0 aliphatic heterocycles. The maximum absolute atomic E-state index is 12.7. The SMILES string of the molecule is COc1cccc(NCc2cccc(CNC(=O)C(C)(C)O)c2)c1C(N)=NS(=O)(=O)c1ccc(Cl)s1. The third-order valence-corrected chi connectivity index (χ3v) is 8.00. The predicted molar refractivity (Wildman–Crippen MR) is 142 cm³/mol. The van der Waals surface area contributed by atoms with Crippen LogP contribution in [0.4, 0.5) is 5.69 Å². The molecule has 2 aromatic carbocycles. The number of ether oxygens (including phenoxy) is 1. The second-order valence-electron chi connectivity index (χ2n) is 8.31. The Morgan fingerprint density at radius 1 is 1.14 bits per heavy atom. The number of halogens is 1. The van der Waals surface area contributed by atoms with Gasteiger partial charge in [0.15, 0.2) is 0 Å². The van der Waals surface area contributed by atoms with Crippen LogP contribution in [0.5, 0.6) is 5.75 Å². The van der Waals surface area contributed by atoms with E-state index in [-0.39, 0.29) is 16.6 Å². The minimum atomic E-state index is -4.06. The zero-order valence-corrected chi connectivity index (χ0v) is 22.3. The van der Waals surface area contributed by atoms with Gasteiger partial charge < -0.3 is 26.2 Å². The zero-order valence-electron chi connectivity index (χ0n) is 19.9. The van der Waals surface area contributed by atoms with Crippen molar-refractivity contribution < 1.29 is 23.1 Å². The Kier molecular flexibility index (Phi) is 8.62. The molecule has 0 aliphatic carbocycles. The number of methoxy groups -OCH3 is 1. The average Bonchev–Trinajstić information content (AvgIpc) is 3.27. The Hall–Kier alpha value is -3.12. The lowest BCUT2D eigenvalue weighted by Crippen LogP contribution is -2.41. The first-order valence-electron chi connectivity index (χ1n) is 10.8. The Labute approximate surface area is 219 Å². The maximum atomic E-state index is 12.7. The zero-order chi connectivity index (χ0) is 26.5. The van der Waals surface area contributed by atoms with E-state index >= 15 is 0 Å². The summed E-state index contributed by atoms with van der Waals surface area (Å²) < 4.78 is 34.9. The Balaban J connectivity index is 1.82. The van der Waals surface area contributed by atoms with Crippen molar-refractivity contribution in [2.24, 2.45) is 10.1 Å². The number of nitrogens with one attached hydrogen (secondary N) is 2. The number of sulfonamides is 1. The molecule has 9 nitrogen and oxygen atoms in total. The lowest BCUT2D eigenvalue weighted by Gasteiger charge is -2.17. The maximum Gasteiger partial charge on any atom is 0.293 e. The molecule has 0 saturated heterocycles. The highest BCUT2D eigenvalue weighted by Gasteiger charge is 2.23. The van der Waals surface area contributed by atoms with Crippen molar-refractivity contribution in [1.82, 2.24) is 5.32 Å². The third kappa shape index (κ3) is 6.97. The summed E-state index contributed by atoms with van der Waals surface area (Å²) in [6, 6.07) is 15.5. The normalized spacial score (nSPS) is 12.3. The van der Waals surface area contributed by atoms with Crippen LogP contribution in [0.2, 0.25) is 4.34 Å². The van der Waals surface area contributed by atoms with Crippen LogP contribution >= 0.6 is 22.9 Å². The van der Waals surface area contributed by atoms with Crippen LogP contribution in [-0.2, 0) is 27.9 Å². The smallest absolute Gasteiger partial charge is 0.293 e. The Morgan fingerprint density at radius 2 is 1.81 bits per heavy atom. The average molecular weight is 551 g/mol. The summed E-state index contributed by atoms with van der Waals surface area (Å²) >= 11 is 6.76. The molecular formula is C24H27ClN4O5S2. The summed E-state index contributed by atoms with van der Waals surface area (Å²) in [5.74, 6) is -0.354. The number of carbonyl (C=O) groups excluding carboxylic acids is 1. The summed E-state index contributed by atoms with van der Waals surface area (Å²) in [5, 5.41) is 15.7. The molecule has 1 aromatic heterocycles. The molecule has 3 aromatic rings. The molecule has 192 valence electrons. The van der Waals surface area contributed by atoms with E-state index in [0.717, 1.165) is 22.5 Å². The van der Waals surface area contributed by atoms with Crippen LogP contribution in [-0.4, -0.2) is 38.0 Å². The van der Waals surface area contributed by atoms with Crippen LogP contribution < -0.4 is 21.1 Å². The van der Waals surface area contributed by atoms with Gasteiger partial charge in [0.25, 0.3) is 15.9 Å². The molecule has 0 atom stereocenters. The summed E-state index contributed by atoms with van der Waals surface area (Å²) in [6.45, 7) is 3.47. The van der Waals surface area contributed by atoms with Crippen molar-refractivity contribution in [3.05, 3.63) is 75.6 Å². The molecule has 36 heavy (non-hydrogen) atoms. The molecule has 1 amide bonds. The van der Waals surface area contributed by atoms with Crippen molar-refractivity contribution in [2.75, 3.05) is 12.4 Å². The number of amidine groups is 1. The number of anilines is 1. The van der Waals surface area contributed by atoms with E-state index in [1.807, 2.05) is 24.3 Å². The number of rotatable bonds is 10. The third-order valence-electron chi connectivity index (χ3n) is 5.01. The van der Waals surface area contributed by atoms with Crippen molar-refractivity contribution in [3.63, 3.8) is 0 Å². The van der Waals surface area contributed by atoms with Crippen LogP contribution in [0.25, 0.3) is 0 Å². The fraction of sp³-hybridized carbons (Fsp3) is 0.250. The molecular weight excluding hydrogens is 524 g/mol. The quantitative estimate of drug-likeness (QED) is 0.223. The highest BCUT2D eigenvalue weighted by molar-refractivity contribution is 7.92. The number of amides is 1. The van der Waals surface area contributed by atoms with Gasteiger partial charge >= 0.3 is 0 Å². The molecule has 12 heteroatoms. The molecule has 0 saturated carbocycles. The van der Waals surface area contributed by atoms with E-state index in [1.165, 1.54) is 33.1 Å². The number of benzene rings is 2. The van der Waals surface area contributed by atoms with E-state index in [9.17, 15) is 18.3 Å². The van der Waals surface area contributed by atoms with Gasteiger partial charge in [-0.2, -0.15) is 8.42 Å². The molecule has 3 rings (SSSR count). The van der Waals surface area contributed by atoms with E-state index in [1.54, 1.807) is 18.2 Å². The molecule has 0 bridgehead atoms. The summed E-state index contributed by atoms with van der Waals surface area (Å²) in [4.78, 5) is 11.9. The van der Waals surface area contributed by atoms with Crippen LogP contribution in [0, 0.1) is 0 Å². The molecule has 0 fully saturated rings. The Bertz CT molecular complexity index is 1380. The minimum Gasteiger partial charge on any atom is -0.496 e. The van der Waals surface area contributed by atoms with Gasteiger partial charge in [0.2, 0.25) is 0 Å². The fourth-order valence-corrected chi connectivity index (χ4v) is 5.61. The first-order valence-corrected chi connectivity index (χ1v) is 13.4. The largest absolute Gasteiger partial charge is 0.496 e. The number of nitrogens with zero attached hydrogens (tertiary/aromatic N) is 1. The van der Waals surface area contributed by atoms with Crippen molar-refractivity contribution >= 4 is 50.4 Å². The first-order chi connectivity index (χ1) is 16.9. The molecule has 0 aliphatic rings. The highest BCUT2D eigenvalue weighted by Crippen LogP contribution is 2.30. The van der Waals surface area contributed by atoms with Crippen molar-refractivity contribution in [1.29, 1.82) is 0 Å². The van der Waals surface area contributed by atoms with Gasteiger partial charge in [-0.25, -0.2) is 0 Å². The van der Waals surface area contributed by atoms with Gasteiger partial charge in [-0.15, -0.1) is 15.7 Å². The second kappa shape index (κ2) is 11.3. The summed E-state index contributed by atoms with van der Waals surface area (Å²) in [7, 11) is -2.61. The molecule has 5 N–H and O–H groups in total. The number of nitrogens with two attached hydrogens (primary N) is 1.